The van der Waals surface area contributed by atoms with Gasteiger partial charge in [-0.1, -0.05) is 26.8 Å². The highest BCUT2D eigenvalue weighted by Crippen LogP contribution is 2.18. The van der Waals surface area contributed by atoms with Crippen molar-refractivity contribution >= 4 is 15.9 Å². The third kappa shape index (κ3) is 5.05. The SMILES string of the molecule is CCCN1CCC(NC(=O)c2cccc(S(=O)(=O)N(CC)CC)c2)CC1. The highest BCUT2D eigenvalue weighted by molar-refractivity contribution is 7.89. The van der Waals surface area contributed by atoms with Crippen LogP contribution in [0.5, 0.6) is 0 Å². The molecule has 1 fully saturated rings. The highest BCUT2D eigenvalue weighted by Gasteiger charge is 2.24. The average molecular weight is 382 g/mol. The van der Waals surface area contributed by atoms with Gasteiger partial charge in [0.2, 0.25) is 10.0 Å². The van der Waals surface area contributed by atoms with Gasteiger partial charge in [0, 0.05) is 37.8 Å². The van der Waals surface area contributed by atoms with Crippen molar-refractivity contribution in [1.29, 1.82) is 0 Å². The average Bonchev–Trinajstić information content (AvgIpc) is 2.64. The second-order valence-electron chi connectivity index (χ2n) is 6.71. The second-order valence-corrected chi connectivity index (χ2v) is 8.64. The number of likely N-dealkylation sites (tertiary alicyclic amines) is 1. The molecule has 0 saturated carbocycles. The van der Waals surface area contributed by atoms with Crippen LogP contribution in [0.25, 0.3) is 0 Å². The van der Waals surface area contributed by atoms with Crippen molar-refractivity contribution in [1.82, 2.24) is 14.5 Å². The van der Waals surface area contributed by atoms with E-state index in [1.807, 2.05) is 13.8 Å². The normalized spacial score (nSPS) is 16.8. The zero-order chi connectivity index (χ0) is 19.2. The van der Waals surface area contributed by atoms with Crippen LogP contribution in [-0.4, -0.2) is 62.3 Å². The van der Waals surface area contributed by atoms with E-state index in [-0.39, 0.29) is 16.8 Å². The van der Waals surface area contributed by atoms with Crippen LogP contribution in [0.1, 0.15) is 50.4 Å². The molecule has 1 aromatic rings. The number of piperidine rings is 1. The molecule has 0 aliphatic carbocycles. The molecule has 0 unspecified atom stereocenters. The third-order valence-corrected chi connectivity index (χ3v) is 6.95. The molecule has 1 saturated heterocycles. The molecule has 1 aliphatic rings. The summed E-state index contributed by atoms with van der Waals surface area (Å²) in [5.41, 5.74) is 0.397. The number of benzene rings is 1. The molecule has 26 heavy (non-hydrogen) atoms. The summed E-state index contributed by atoms with van der Waals surface area (Å²) in [4.78, 5) is 15.2. The van der Waals surface area contributed by atoms with Crippen LogP contribution in [0.15, 0.2) is 29.2 Å². The van der Waals surface area contributed by atoms with Crippen LogP contribution < -0.4 is 5.32 Å². The molecule has 0 radical (unpaired) electrons. The monoisotopic (exact) mass is 381 g/mol. The van der Waals surface area contributed by atoms with Crippen LogP contribution in [0.3, 0.4) is 0 Å². The van der Waals surface area contributed by atoms with Gasteiger partial charge in [0.05, 0.1) is 4.90 Å². The van der Waals surface area contributed by atoms with Gasteiger partial charge in [0.15, 0.2) is 0 Å². The van der Waals surface area contributed by atoms with E-state index in [0.717, 1.165) is 38.9 Å². The van der Waals surface area contributed by atoms with Gasteiger partial charge in [-0.25, -0.2) is 8.42 Å². The Morgan fingerprint density at radius 2 is 1.85 bits per heavy atom. The van der Waals surface area contributed by atoms with E-state index in [4.69, 9.17) is 0 Å². The number of hydrogen-bond donors (Lipinski definition) is 1. The summed E-state index contributed by atoms with van der Waals surface area (Å²) in [6.07, 6.45) is 3.01. The van der Waals surface area contributed by atoms with E-state index in [1.165, 1.54) is 10.4 Å². The zero-order valence-electron chi connectivity index (χ0n) is 16.1. The molecule has 0 atom stereocenters. The molecule has 1 heterocycles. The molecule has 1 N–H and O–H groups in total. The summed E-state index contributed by atoms with van der Waals surface area (Å²) in [5.74, 6) is -0.199. The summed E-state index contributed by atoms with van der Waals surface area (Å²) in [6, 6.07) is 6.49. The Kier molecular flexibility index (Phi) is 7.61. The quantitative estimate of drug-likeness (QED) is 0.750. The Hall–Kier alpha value is -1.44. The van der Waals surface area contributed by atoms with Crippen LogP contribution in [0.4, 0.5) is 0 Å². The molecule has 0 aromatic heterocycles. The second kappa shape index (κ2) is 9.48. The van der Waals surface area contributed by atoms with Gasteiger partial charge >= 0.3 is 0 Å². The van der Waals surface area contributed by atoms with Crippen molar-refractivity contribution < 1.29 is 13.2 Å². The minimum Gasteiger partial charge on any atom is -0.349 e. The van der Waals surface area contributed by atoms with E-state index in [0.29, 0.717) is 18.7 Å². The molecule has 0 spiro atoms. The number of nitrogens with zero attached hydrogens (tertiary/aromatic N) is 2. The van der Waals surface area contributed by atoms with Gasteiger partial charge in [0.1, 0.15) is 0 Å². The largest absolute Gasteiger partial charge is 0.349 e. The van der Waals surface area contributed by atoms with Gasteiger partial charge in [-0.15, -0.1) is 0 Å². The fourth-order valence-electron chi connectivity index (χ4n) is 3.40. The van der Waals surface area contributed by atoms with Crippen molar-refractivity contribution in [2.45, 2.75) is 51.0 Å². The maximum Gasteiger partial charge on any atom is 0.251 e. The van der Waals surface area contributed by atoms with E-state index in [9.17, 15) is 13.2 Å². The first-order valence-electron chi connectivity index (χ1n) is 9.55. The number of sulfonamides is 1. The van der Waals surface area contributed by atoms with Crippen LogP contribution in [0, 0.1) is 0 Å². The van der Waals surface area contributed by atoms with E-state index >= 15 is 0 Å². The molecule has 1 aromatic carbocycles. The van der Waals surface area contributed by atoms with Crippen LogP contribution in [-0.2, 0) is 10.0 Å². The Balaban J connectivity index is 2.05. The minimum absolute atomic E-state index is 0.152. The summed E-state index contributed by atoms with van der Waals surface area (Å²) < 4.78 is 26.7. The maximum absolute atomic E-state index is 12.6. The number of amides is 1. The van der Waals surface area contributed by atoms with Crippen LogP contribution in [0.2, 0.25) is 0 Å². The molecule has 7 heteroatoms. The Labute approximate surface area is 157 Å². The summed E-state index contributed by atoms with van der Waals surface area (Å²) in [6.45, 7) is 9.70. The Bertz CT molecular complexity index is 694. The number of nitrogens with one attached hydrogen (secondary N) is 1. The highest BCUT2D eigenvalue weighted by atomic mass is 32.2. The lowest BCUT2D eigenvalue weighted by Gasteiger charge is -2.32. The molecule has 1 aliphatic heterocycles. The number of carbonyl (C=O) groups excluding carboxylic acids is 1. The molecule has 6 nitrogen and oxygen atoms in total. The number of hydrogen-bond acceptors (Lipinski definition) is 4. The molecular weight excluding hydrogens is 350 g/mol. The molecule has 2 rings (SSSR count). The van der Waals surface area contributed by atoms with Gasteiger partial charge in [0.25, 0.3) is 5.91 Å². The lowest BCUT2D eigenvalue weighted by atomic mass is 10.0. The maximum atomic E-state index is 12.6. The fraction of sp³-hybridized carbons (Fsp3) is 0.632. The van der Waals surface area contributed by atoms with Crippen molar-refractivity contribution in [3.63, 3.8) is 0 Å². The molecular formula is C19H31N3O3S. The van der Waals surface area contributed by atoms with Gasteiger partial charge in [-0.2, -0.15) is 4.31 Å². The van der Waals surface area contributed by atoms with E-state index in [2.05, 4.69) is 17.1 Å². The first-order valence-corrected chi connectivity index (χ1v) is 11.0. The van der Waals surface area contributed by atoms with Crippen molar-refractivity contribution in [3.05, 3.63) is 29.8 Å². The lowest BCUT2D eigenvalue weighted by Crippen LogP contribution is -2.44. The summed E-state index contributed by atoms with van der Waals surface area (Å²) >= 11 is 0. The third-order valence-electron chi connectivity index (χ3n) is 4.90. The minimum atomic E-state index is -3.56. The first kappa shape index (κ1) is 20.9. The molecule has 146 valence electrons. The first-order chi connectivity index (χ1) is 12.4. The van der Waals surface area contributed by atoms with E-state index in [1.54, 1.807) is 18.2 Å². The van der Waals surface area contributed by atoms with Crippen molar-refractivity contribution in [3.8, 4) is 0 Å². The predicted octanol–water partition coefficient (Wildman–Crippen LogP) is 2.32. The summed E-state index contributed by atoms with van der Waals surface area (Å²) in [5, 5.41) is 3.06. The van der Waals surface area contributed by atoms with Gasteiger partial charge in [-0.3, -0.25) is 4.79 Å². The van der Waals surface area contributed by atoms with Gasteiger partial charge in [-0.05, 0) is 44.0 Å². The van der Waals surface area contributed by atoms with Crippen LogP contribution >= 0.6 is 0 Å². The lowest BCUT2D eigenvalue weighted by molar-refractivity contribution is 0.0911. The van der Waals surface area contributed by atoms with Crippen molar-refractivity contribution in [2.24, 2.45) is 0 Å². The topological polar surface area (TPSA) is 69.7 Å². The number of rotatable bonds is 8. The molecule has 0 bridgehead atoms. The molecule has 1 amide bonds. The Morgan fingerprint density at radius 3 is 2.42 bits per heavy atom. The smallest absolute Gasteiger partial charge is 0.251 e. The standard InChI is InChI=1S/C19H31N3O3S/c1-4-12-21-13-10-17(11-14-21)20-19(23)16-8-7-9-18(15-16)26(24,25)22(5-2)6-3/h7-9,15,17H,4-6,10-14H2,1-3H3,(H,20,23). The van der Waals surface area contributed by atoms with Gasteiger partial charge < -0.3 is 10.2 Å². The Morgan fingerprint density at radius 1 is 1.19 bits per heavy atom. The predicted molar refractivity (Wildman–Crippen MR) is 104 cm³/mol. The van der Waals surface area contributed by atoms with E-state index < -0.39 is 10.0 Å². The fourth-order valence-corrected chi connectivity index (χ4v) is 4.90. The number of carbonyl (C=O) groups is 1. The van der Waals surface area contributed by atoms with Crippen molar-refractivity contribution in [2.75, 3.05) is 32.7 Å². The summed E-state index contributed by atoms with van der Waals surface area (Å²) in [7, 11) is -3.56. The zero-order valence-corrected chi connectivity index (χ0v) is 16.9.